The van der Waals surface area contributed by atoms with Gasteiger partial charge < -0.3 is 14.2 Å². The maximum Gasteiger partial charge on any atom is 0.363 e. The number of carbonyl (C=O) groups is 1. The van der Waals surface area contributed by atoms with Crippen LogP contribution in [-0.2, 0) is 16.1 Å². The van der Waals surface area contributed by atoms with E-state index in [0.717, 1.165) is 3.57 Å². The van der Waals surface area contributed by atoms with Gasteiger partial charge in [-0.05, 0) is 98.2 Å². The first-order chi connectivity index (χ1) is 15.8. The number of hydrogen-bond acceptors (Lipinski definition) is 5. The van der Waals surface area contributed by atoms with Crippen LogP contribution >= 0.6 is 50.1 Å². The first kappa shape index (κ1) is 23.7. The first-order valence-corrected chi connectivity index (χ1v) is 11.8. The molecule has 0 N–H and O–H groups in total. The Balaban J connectivity index is 1.61. The Morgan fingerprint density at radius 3 is 2.79 bits per heavy atom. The number of cyclic esters (lactones) is 1. The second-order valence-electron chi connectivity index (χ2n) is 6.91. The number of ether oxygens (including phenoxy) is 3. The highest BCUT2D eigenvalue weighted by Crippen LogP contribution is 2.38. The Morgan fingerprint density at radius 1 is 1.21 bits per heavy atom. The van der Waals surface area contributed by atoms with Crippen LogP contribution < -0.4 is 9.47 Å². The molecule has 1 aliphatic heterocycles. The van der Waals surface area contributed by atoms with Gasteiger partial charge in [-0.15, -0.1) is 0 Å². The van der Waals surface area contributed by atoms with Crippen molar-refractivity contribution < 1.29 is 23.4 Å². The van der Waals surface area contributed by atoms with Crippen LogP contribution in [0.4, 0.5) is 4.39 Å². The van der Waals surface area contributed by atoms with Gasteiger partial charge in [-0.2, -0.15) is 0 Å². The third-order valence-corrected chi connectivity index (χ3v) is 6.20. The van der Waals surface area contributed by atoms with Crippen molar-refractivity contribution in [2.75, 3.05) is 7.11 Å². The number of hydrogen-bond donors (Lipinski definition) is 0. The molecule has 1 aliphatic rings. The zero-order chi connectivity index (χ0) is 23.5. The molecule has 0 aromatic heterocycles. The van der Waals surface area contributed by atoms with Gasteiger partial charge in [0.25, 0.3) is 0 Å². The van der Waals surface area contributed by atoms with Crippen LogP contribution in [0.25, 0.3) is 6.08 Å². The van der Waals surface area contributed by atoms with Crippen molar-refractivity contribution >= 4 is 68.1 Å². The predicted molar refractivity (Wildman–Crippen MR) is 136 cm³/mol. The molecule has 1 heterocycles. The summed E-state index contributed by atoms with van der Waals surface area (Å²) >= 11 is 11.9. The second-order valence-corrected chi connectivity index (χ2v) is 9.42. The molecule has 3 aromatic rings. The van der Waals surface area contributed by atoms with Crippen LogP contribution in [0.15, 0.2) is 69.8 Å². The number of aliphatic imine (C=N–C) groups is 1. The predicted octanol–water partition coefficient (Wildman–Crippen LogP) is 6.78. The molecule has 0 fully saturated rings. The summed E-state index contributed by atoms with van der Waals surface area (Å²) in [6.07, 6.45) is 1.58. The van der Waals surface area contributed by atoms with E-state index in [1.807, 2.05) is 6.07 Å². The van der Waals surface area contributed by atoms with Crippen molar-refractivity contribution in [2.45, 2.75) is 6.61 Å². The molecular weight excluding hydrogens is 628 g/mol. The zero-order valence-corrected chi connectivity index (χ0v) is 21.6. The van der Waals surface area contributed by atoms with Gasteiger partial charge in [0.1, 0.15) is 12.4 Å². The fraction of sp³-hybridized carbons (Fsp3) is 0.0833. The van der Waals surface area contributed by atoms with E-state index in [2.05, 4.69) is 43.5 Å². The number of rotatable bonds is 6. The Kier molecular flexibility index (Phi) is 7.35. The van der Waals surface area contributed by atoms with Crippen LogP contribution in [-0.4, -0.2) is 19.0 Å². The minimum atomic E-state index is -0.582. The molecule has 5 nitrogen and oxygen atoms in total. The molecule has 0 atom stereocenters. The summed E-state index contributed by atoms with van der Waals surface area (Å²) in [6.45, 7) is 0.157. The molecule has 9 heteroatoms. The van der Waals surface area contributed by atoms with E-state index in [4.69, 9.17) is 25.8 Å². The van der Waals surface area contributed by atoms with Gasteiger partial charge in [-0.1, -0.05) is 23.7 Å². The summed E-state index contributed by atoms with van der Waals surface area (Å²) in [5, 5.41) is 0.437. The average Bonchev–Trinajstić information content (AvgIpc) is 3.14. The summed E-state index contributed by atoms with van der Waals surface area (Å²) < 4.78 is 31.6. The van der Waals surface area contributed by atoms with Gasteiger partial charge in [0.2, 0.25) is 5.90 Å². The van der Waals surface area contributed by atoms with Crippen LogP contribution in [0.5, 0.6) is 11.5 Å². The normalized spacial score (nSPS) is 14.3. The van der Waals surface area contributed by atoms with E-state index >= 15 is 0 Å². The molecule has 0 saturated heterocycles. The van der Waals surface area contributed by atoms with Crippen LogP contribution in [0.1, 0.15) is 16.7 Å². The minimum Gasteiger partial charge on any atom is -0.493 e. The highest BCUT2D eigenvalue weighted by atomic mass is 127. The fourth-order valence-electron chi connectivity index (χ4n) is 3.09. The van der Waals surface area contributed by atoms with Gasteiger partial charge in [0.15, 0.2) is 17.2 Å². The van der Waals surface area contributed by atoms with Gasteiger partial charge >= 0.3 is 5.97 Å². The van der Waals surface area contributed by atoms with Gasteiger partial charge in [-0.25, -0.2) is 14.2 Å². The monoisotopic (exact) mass is 641 g/mol. The maximum atomic E-state index is 13.4. The van der Waals surface area contributed by atoms with Gasteiger partial charge in [0, 0.05) is 3.57 Å². The largest absolute Gasteiger partial charge is 0.493 e. The van der Waals surface area contributed by atoms with Crippen LogP contribution in [0.2, 0.25) is 5.02 Å². The molecule has 0 bridgehead atoms. The van der Waals surface area contributed by atoms with Crippen molar-refractivity contribution in [1.82, 2.24) is 0 Å². The first-order valence-electron chi connectivity index (χ1n) is 9.57. The topological polar surface area (TPSA) is 57.1 Å². The summed E-state index contributed by atoms with van der Waals surface area (Å²) in [6, 6.07) is 15.0. The molecule has 0 saturated carbocycles. The zero-order valence-electron chi connectivity index (χ0n) is 17.1. The smallest absolute Gasteiger partial charge is 0.363 e. The van der Waals surface area contributed by atoms with Crippen LogP contribution in [0, 0.1) is 9.39 Å². The highest BCUT2D eigenvalue weighted by molar-refractivity contribution is 14.1. The van der Waals surface area contributed by atoms with Crippen molar-refractivity contribution in [1.29, 1.82) is 0 Å². The molecule has 0 amide bonds. The fourth-order valence-corrected chi connectivity index (χ4v) is 4.35. The Bertz CT molecular complexity index is 1310. The number of benzene rings is 3. The van der Waals surface area contributed by atoms with Gasteiger partial charge in [-0.3, -0.25) is 0 Å². The summed E-state index contributed by atoms with van der Waals surface area (Å²) in [5.41, 5.74) is 1.99. The van der Waals surface area contributed by atoms with Crippen molar-refractivity contribution in [3.63, 3.8) is 0 Å². The van der Waals surface area contributed by atoms with Crippen molar-refractivity contribution in [2.24, 2.45) is 4.99 Å². The number of carbonyl (C=O) groups excluding carboxylic acids is 1. The third kappa shape index (κ3) is 5.56. The van der Waals surface area contributed by atoms with E-state index in [0.29, 0.717) is 37.7 Å². The quantitative estimate of drug-likeness (QED) is 0.169. The van der Waals surface area contributed by atoms with E-state index in [1.54, 1.807) is 42.5 Å². The lowest BCUT2D eigenvalue weighted by molar-refractivity contribution is -0.129. The lowest BCUT2D eigenvalue weighted by Crippen LogP contribution is -2.06. The molecule has 0 aliphatic carbocycles. The Morgan fingerprint density at radius 2 is 2.03 bits per heavy atom. The van der Waals surface area contributed by atoms with Crippen molar-refractivity contribution in [3.8, 4) is 11.5 Å². The van der Waals surface area contributed by atoms with E-state index in [-0.39, 0.29) is 24.0 Å². The van der Waals surface area contributed by atoms with E-state index in [1.165, 1.54) is 19.2 Å². The Hall–Kier alpha value is -2.43. The molecule has 168 valence electrons. The molecule has 3 aromatic carbocycles. The Labute approximate surface area is 216 Å². The molecule has 0 unspecified atom stereocenters. The standard InChI is InChI=1S/C24H15BrClFINO4/c1-31-21-10-14(8-18(25)22(21)32-12-13-3-2-4-15(27)7-13)9-20-24(30)33-23(29-20)17-11-16(28)5-6-19(17)26/h2-11H,12H2,1H3/b20-9-. The van der Waals surface area contributed by atoms with E-state index < -0.39 is 5.97 Å². The maximum absolute atomic E-state index is 13.4. The molecule has 0 spiro atoms. The SMILES string of the molecule is COc1cc(/C=C2\N=C(c3cc(I)ccc3Cl)OC2=O)cc(Br)c1OCc1cccc(F)c1. The minimum absolute atomic E-state index is 0.127. The second kappa shape index (κ2) is 10.2. The molecular formula is C24H15BrClFINO4. The number of esters is 1. The molecule has 4 rings (SSSR count). The average molecular weight is 643 g/mol. The highest BCUT2D eigenvalue weighted by Gasteiger charge is 2.26. The summed E-state index contributed by atoms with van der Waals surface area (Å²) in [5.74, 6) is 0.118. The van der Waals surface area contributed by atoms with E-state index in [9.17, 15) is 9.18 Å². The molecule has 0 radical (unpaired) electrons. The van der Waals surface area contributed by atoms with Gasteiger partial charge in [0.05, 0.1) is 22.2 Å². The number of halogens is 4. The molecule has 33 heavy (non-hydrogen) atoms. The number of methoxy groups -OCH3 is 1. The third-order valence-electron chi connectivity index (χ3n) is 4.61. The summed E-state index contributed by atoms with van der Waals surface area (Å²) in [4.78, 5) is 16.7. The lowest BCUT2D eigenvalue weighted by atomic mass is 10.1. The number of nitrogens with zero attached hydrogens (tertiary/aromatic N) is 1. The lowest BCUT2D eigenvalue weighted by Gasteiger charge is -2.13. The van der Waals surface area contributed by atoms with Crippen LogP contribution in [0.3, 0.4) is 0 Å². The van der Waals surface area contributed by atoms with Crippen molar-refractivity contribution in [3.05, 3.63) is 95.9 Å². The summed E-state index contributed by atoms with van der Waals surface area (Å²) in [7, 11) is 1.51.